The van der Waals surface area contributed by atoms with Crippen molar-refractivity contribution in [1.29, 1.82) is 0 Å². The van der Waals surface area contributed by atoms with Crippen molar-refractivity contribution in [2.75, 3.05) is 45.3 Å². The lowest BCUT2D eigenvalue weighted by Crippen LogP contribution is -2.48. The summed E-state index contributed by atoms with van der Waals surface area (Å²) in [5.74, 6) is -0.774. The number of benzene rings is 2. The maximum atomic E-state index is 13.4. The van der Waals surface area contributed by atoms with E-state index in [1.54, 1.807) is 29.2 Å². The molecule has 0 spiro atoms. The molecular formula is C19H20F2N2O3. The number of amides is 1. The topological polar surface area (TPSA) is 42.0 Å². The third-order valence-electron chi connectivity index (χ3n) is 4.47. The van der Waals surface area contributed by atoms with Crippen LogP contribution in [-0.2, 0) is 0 Å². The predicted molar refractivity (Wildman–Crippen MR) is 94.0 cm³/mol. The maximum absolute atomic E-state index is 13.4. The molecule has 2 aromatic rings. The lowest BCUT2D eigenvalue weighted by Gasteiger charge is -2.36. The third-order valence-corrected chi connectivity index (χ3v) is 4.47. The van der Waals surface area contributed by atoms with Crippen LogP contribution in [0.3, 0.4) is 0 Å². The van der Waals surface area contributed by atoms with Crippen LogP contribution in [0.1, 0.15) is 10.4 Å². The highest BCUT2D eigenvalue weighted by Gasteiger charge is 2.23. The molecular weight excluding hydrogens is 342 g/mol. The molecule has 3 rings (SSSR count). The van der Waals surface area contributed by atoms with Crippen LogP contribution in [0, 0.1) is 11.6 Å². The number of piperazine rings is 1. The molecule has 5 nitrogen and oxygen atoms in total. The molecule has 0 unspecified atom stereocenters. The fourth-order valence-electron chi connectivity index (χ4n) is 3.00. The summed E-state index contributed by atoms with van der Waals surface area (Å²) in [5, 5.41) is 0. The van der Waals surface area contributed by atoms with Crippen molar-refractivity contribution < 1.29 is 23.0 Å². The Labute approximate surface area is 150 Å². The largest absolute Gasteiger partial charge is 0.493 e. The van der Waals surface area contributed by atoms with Gasteiger partial charge in [0.15, 0.2) is 23.1 Å². The number of carbonyl (C=O) groups is 1. The molecule has 1 amide bonds. The van der Waals surface area contributed by atoms with E-state index in [1.165, 1.54) is 20.3 Å². The Hall–Kier alpha value is -2.83. The molecule has 0 atom stereocenters. The summed E-state index contributed by atoms with van der Waals surface area (Å²) in [6.07, 6.45) is 0. The normalized spacial score (nSPS) is 14.3. The van der Waals surface area contributed by atoms with Crippen molar-refractivity contribution in [3.8, 4) is 11.5 Å². The summed E-state index contributed by atoms with van der Waals surface area (Å²) in [5.41, 5.74) is 1.13. The van der Waals surface area contributed by atoms with Crippen molar-refractivity contribution in [1.82, 2.24) is 4.90 Å². The van der Waals surface area contributed by atoms with E-state index in [0.717, 1.165) is 6.07 Å². The molecule has 0 bridgehead atoms. The zero-order chi connectivity index (χ0) is 18.7. The number of anilines is 1. The molecule has 0 aliphatic carbocycles. The number of hydrogen-bond acceptors (Lipinski definition) is 4. The van der Waals surface area contributed by atoms with Crippen molar-refractivity contribution in [2.45, 2.75) is 0 Å². The van der Waals surface area contributed by atoms with E-state index in [-0.39, 0.29) is 5.91 Å². The van der Waals surface area contributed by atoms with Gasteiger partial charge in [0.05, 0.1) is 14.2 Å². The number of methoxy groups -OCH3 is 2. The van der Waals surface area contributed by atoms with Crippen molar-refractivity contribution in [3.05, 3.63) is 53.6 Å². The van der Waals surface area contributed by atoms with Gasteiger partial charge in [0.2, 0.25) is 0 Å². The third kappa shape index (κ3) is 3.56. The minimum absolute atomic E-state index is 0.101. The Morgan fingerprint density at radius 3 is 2.19 bits per heavy atom. The van der Waals surface area contributed by atoms with Crippen LogP contribution >= 0.6 is 0 Å². The number of ether oxygens (including phenoxy) is 2. The molecule has 0 N–H and O–H groups in total. The van der Waals surface area contributed by atoms with Crippen LogP contribution in [0.4, 0.5) is 14.5 Å². The van der Waals surface area contributed by atoms with Gasteiger partial charge in [0.25, 0.3) is 5.91 Å². The summed E-state index contributed by atoms with van der Waals surface area (Å²) < 4.78 is 36.9. The predicted octanol–water partition coefficient (Wildman–Crippen LogP) is 2.94. The molecule has 1 aliphatic rings. The molecule has 0 radical (unpaired) electrons. The van der Waals surface area contributed by atoms with Gasteiger partial charge in [-0.15, -0.1) is 0 Å². The minimum atomic E-state index is -0.869. The molecule has 1 heterocycles. The first-order chi connectivity index (χ1) is 12.5. The fourth-order valence-corrected chi connectivity index (χ4v) is 3.00. The smallest absolute Gasteiger partial charge is 0.254 e. The van der Waals surface area contributed by atoms with Gasteiger partial charge >= 0.3 is 0 Å². The number of nitrogens with zero attached hydrogens (tertiary/aromatic N) is 2. The number of carbonyl (C=O) groups excluding carboxylic acids is 1. The quantitative estimate of drug-likeness (QED) is 0.839. The molecule has 7 heteroatoms. The van der Waals surface area contributed by atoms with Gasteiger partial charge in [-0.3, -0.25) is 4.79 Å². The van der Waals surface area contributed by atoms with Gasteiger partial charge in [0, 0.05) is 43.5 Å². The van der Waals surface area contributed by atoms with Crippen molar-refractivity contribution >= 4 is 11.6 Å². The fraction of sp³-hybridized carbons (Fsp3) is 0.316. The van der Waals surface area contributed by atoms with Crippen LogP contribution in [0.5, 0.6) is 11.5 Å². The van der Waals surface area contributed by atoms with Crippen molar-refractivity contribution in [2.24, 2.45) is 0 Å². The first kappa shape index (κ1) is 18.0. The standard InChI is InChI=1S/C19H20F2N2O3/c1-25-17-6-3-13(11-18(17)26-2)19(24)23-9-7-22(8-10-23)14-4-5-15(20)16(21)12-14/h3-6,11-12H,7-10H2,1-2H3. The van der Waals surface area contributed by atoms with Crippen LogP contribution in [-0.4, -0.2) is 51.2 Å². The van der Waals surface area contributed by atoms with E-state index in [0.29, 0.717) is 48.9 Å². The van der Waals surface area contributed by atoms with E-state index < -0.39 is 11.6 Å². The molecule has 1 aliphatic heterocycles. The summed E-state index contributed by atoms with van der Waals surface area (Å²) in [6.45, 7) is 2.08. The number of halogens is 2. The first-order valence-electron chi connectivity index (χ1n) is 8.25. The Bertz CT molecular complexity index is 805. The van der Waals surface area contributed by atoms with Gasteiger partial charge < -0.3 is 19.3 Å². The molecule has 2 aromatic carbocycles. The average molecular weight is 362 g/mol. The second-order valence-electron chi connectivity index (χ2n) is 5.95. The summed E-state index contributed by atoms with van der Waals surface area (Å²) >= 11 is 0. The average Bonchev–Trinajstić information content (AvgIpc) is 2.69. The van der Waals surface area contributed by atoms with Gasteiger partial charge in [-0.25, -0.2) is 8.78 Å². The molecule has 0 aromatic heterocycles. The SMILES string of the molecule is COc1ccc(C(=O)N2CCN(c3ccc(F)c(F)c3)CC2)cc1OC. The van der Waals surface area contributed by atoms with Crippen LogP contribution in [0.15, 0.2) is 36.4 Å². The molecule has 0 saturated carbocycles. The van der Waals surface area contributed by atoms with E-state index in [4.69, 9.17) is 9.47 Å². The minimum Gasteiger partial charge on any atom is -0.493 e. The Balaban J connectivity index is 1.67. The monoisotopic (exact) mass is 362 g/mol. The lowest BCUT2D eigenvalue weighted by atomic mass is 10.1. The van der Waals surface area contributed by atoms with E-state index >= 15 is 0 Å². The zero-order valence-electron chi connectivity index (χ0n) is 14.7. The second-order valence-corrected chi connectivity index (χ2v) is 5.95. The zero-order valence-corrected chi connectivity index (χ0v) is 14.7. The highest BCUT2D eigenvalue weighted by Crippen LogP contribution is 2.28. The van der Waals surface area contributed by atoms with Gasteiger partial charge in [-0.2, -0.15) is 0 Å². The maximum Gasteiger partial charge on any atom is 0.254 e. The highest BCUT2D eigenvalue weighted by atomic mass is 19.2. The van der Waals surface area contributed by atoms with E-state index in [9.17, 15) is 13.6 Å². The molecule has 1 fully saturated rings. The Kier molecular flexibility index (Phi) is 5.25. The molecule has 1 saturated heterocycles. The molecule has 138 valence electrons. The second kappa shape index (κ2) is 7.59. The number of hydrogen-bond donors (Lipinski definition) is 0. The Morgan fingerprint density at radius 2 is 1.58 bits per heavy atom. The number of rotatable bonds is 4. The van der Waals surface area contributed by atoms with Crippen LogP contribution in [0.2, 0.25) is 0 Å². The van der Waals surface area contributed by atoms with Gasteiger partial charge in [-0.1, -0.05) is 0 Å². The summed E-state index contributed by atoms with van der Waals surface area (Å²) in [6, 6.07) is 8.90. The van der Waals surface area contributed by atoms with Crippen LogP contribution < -0.4 is 14.4 Å². The molecule has 26 heavy (non-hydrogen) atoms. The summed E-state index contributed by atoms with van der Waals surface area (Å²) in [7, 11) is 3.06. The van der Waals surface area contributed by atoms with Crippen LogP contribution in [0.25, 0.3) is 0 Å². The highest BCUT2D eigenvalue weighted by molar-refractivity contribution is 5.95. The Morgan fingerprint density at radius 1 is 0.885 bits per heavy atom. The van der Waals surface area contributed by atoms with E-state index in [1.807, 2.05) is 4.90 Å². The van der Waals surface area contributed by atoms with Gasteiger partial charge in [0.1, 0.15) is 0 Å². The summed E-state index contributed by atoms with van der Waals surface area (Å²) in [4.78, 5) is 16.4. The van der Waals surface area contributed by atoms with Gasteiger partial charge in [-0.05, 0) is 30.3 Å². The van der Waals surface area contributed by atoms with Crippen molar-refractivity contribution in [3.63, 3.8) is 0 Å². The lowest BCUT2D eigenvalue weighted by molar-refractivity contribution is 0.0746. The van der Waals surface area contributed by atoms with E-state index in [2.05, 4.69) is 0 Å². The first-order valence-corrected chi connectivity index (χ1v) is 8.25.